The van der Waals surface area contributed by atoms with Gasteiger partial charge in [-0.15, -0.1) is 0 Å². The van der Waals surface area contributed by atoms with Crippen LogP contribution >= 0.6 is 0 Å². The van der Waals surface area contributed by atoms with Crippen molar-refractivity contribution in [3.8, 4) is 0 Å². The summed E-state index contributed by atoms with van der Waals surface area (Å²) in [4.78, 5) is 18.9. The lowest BCUT2D eigenvalue weighted by Gasteiger charge is -2.34. The molecule has 2 atom stereocenters. The summed E-state index contributed by atoms with van der Waals surface area (Å²) in [5, 5.41) is 15.0. The highest BCUT2D eigenvalue weighted by Gasteiger charge is 2.35. The number of rotatable bonds is 4. The Morgan fingerprint density at radius 2 is 2.03 bits per heavy atom. The van der Waals surface area contributed by atoms with Crippen LogP contribution in [-0.4, -0.2) is 41.2 Å². The van der Waals surface area contributed by atoms with E-state index >= 15 is 0 Å². The molecule has 6 rings (SSSR count). The molecule has 0 amide bonds. The first-order valence-corrected chi connectivity index (χ1v) is 10.1. The van der Waals surface area contributed by atoms with Gasteiger partial charge in [0.15, 0.2) is 0 Å². The van der Waals surface area contributed by atoms with Gasteiger partial charge in [-0.2, -0.15) is 5.10 Å². The molecule has 1 saturated carbocycles. The Hall–Kier alpha value is -3.33. The van der Waals surface area contributed by atoms with Crippen LogP contribution < -0.4 is 4.90 Å². The summed E-state index contributed by atoms with van der Waals surface area (Å²) in [6.07, 6.45) is 9.16. The van der Waals surface area contributed by atoms with E-state index < -0.39 is 6.10 Å². The van der Waals surface area contributed by atoms with Crippen LogP contribution in [0.15, 0.2) is 43.1 Å². The van der Waals surface area contributed by atoms with E-state index in [2.05, 4.69) is 25.0 Å². The number of nitrogens with one attached hydrogen (secondary N) is 1. The van der Waals surface area contributed by atoms with Gasteiger partial charge in [-0.25, -0.2) is 23.9 Å². The van der Waals surface area contributed by atoms with Gasteiger partial charge in [0.25, 0.3) is 0 Å². The van der Waals surface area contributed by atoms with Gasteiger partial charge in [-0.3, -0.25) is 0 Å². The third kappa shape index (κ3) is 2.77. The highest BCUT2D eigenvalue weighted by molar-refractivity contribution is 5.53. The number of aliphatic hydroxyl groups excluding tert-OH is 1. The van der Waals surface area contributed by atoms with E-state index in [0.717, 1.165) is 36.2 Å². The zero-order chi connectivity index (χ0) is 20.2. The van der Waals surface area contributed by atoms with E-state index in [0.29, 0.717) is 29.6 Å². The number of pyridine rings is 1. The molecule has 5 heterocycles. The first-order chi connectivity index (χ1) is 14.7. The largest absolute Gasteiger partial charge is 0.388 e. The minimum atomic E-state index is -0.504. The van der Waals surface area contributed by atoms with Crippen LogP contribution in [0.1, 0.15) is 47.6 Å². The van der Waals surface area contributed by atoms with E-state index in [4.69, 9.17) is 0 Å². The van der Waals surface area contributed by atoms with Gasteiger partial charge in [-0.1, -0.05) is 0 Å². The van der Waals surface area contributed by atoms with E-state index in [1.54, 1.807) is 41.6 Å². The number of aromatic amines is 1. The summed E-state index contributed by atoms with van der Waals surface area (Å²) in [6, 6.07) is 4.47. The zero-order valence-electron chi connectivity index (χ0n) is 16.1. The summed E-state index contributed by atoms with van der Waals surface area (Å²) in [5.74, 6) is 0.537. The molecule has 4 aromatic heterocycles. The summed E-state index contributed by atoms with van der Waals surface area (Å²) >= 11 is 0. The van der Waals surface area contributed by atoms with Gasteiger partial charge in [0.2, 0.25) is 5.95 Å². The molecule has 1 unspecified atom stereocenters. The molecule has 0 spiro atoms. The second-order valence-electron chi connectivity index (χ2n) is 7.97. The van der Waals surface area contributed by atoms with E-state index in [1.165, 1.54) is 6.07 Å². The fourth-order valence-corrected chi connectivity index (χ4v) is 4.24. The van der Waals surface area contributed by atoms with Gasteiger partial charge in [0.1, 0.15) is 17.4 Å². The number of fused-ring (bicyclic) bond motifs is 2. The second-order valence-corrected chi connectivity index (χ2v) is 7.97. The Balaban J connectivity index is 1.42. The smallest absolute Gasteiger partial charge is 0.226 e. The Bertz CT molecular complexity index is 1210. The molecular formula is C21H20FN7O. The number of hydrogen-bond donors (Lipinski definition) is 2. The second kappa shape index (κ2) is 6.60. The van der Waals surface area contributed by atoms with Gasteiger partial charge >= 0.3 is 0 Å². The van der Waals surface area contributed by atoms with Crippen LogP contribution in [0.2, 0.25) is 0 Å². The predicted octanol–water partition coefficient (Wildman–Crippen LogP) is 2.58. The average molecular weight is 405 g/mol. The number of anilines is 1. The predicted molar refractivity (Wildman–Crippen MR) is 106 cm³/mol. The number of halogens is 1. The van der Waals surface area contributed by atoms with E-state index in [9.17, 15) is 9.50 Å². The maximum Gasteiger partial charge on any atom is 0.226 e. The number of aromatic nitrogens is 6. The number of hydrogen-bond acceptors (Lipinski definition) is 6. The molecule has 152 valence electrons. The van der Waals surface area contributed by atoms with Crippen molar-refractivity contribution in [2.75, 3.05) is 11.4 Å². The van der Waals surface area contributed by atoms with Crippen molar-refractivity contribution >= 4 is 11.5 Å². The normalized spacial score (nSPS) is 19.8. The number of nitrogens with zero attached hydrogens (tertiary/aromatic N) is 6. The van der Waals surface area contributed by atoms with Crippen molar-refractivity contribution < 1.29 is 9.50 Å². The summed E-state index contributed by atoms with van der Waals surface area (Å²) in [5.41, 5.74) is 3.72. The Morgan fingerprint density at radius 1 is 1.20 bits per heavy atom. The fourth-order valence-electron chi connectivity index (χ4n) is 4.24. The molecule has 9 heteroatoms. The topological polar surface area (TPSA) is 95.2 Å². The van der Waals surface area contributed by atoms with Gasteiger partial charge < -0.3 is 15.0 Å². The summed E-state index contributed by atoms with van der Waals surface area (Å²) in [6.45, 7) is 0.667. The lowest BCUT2D eigenvalue weighted by atomic mass is 10.00. The minimum Gasteiger partial charge on any atom is -0.388 e. The number of H-pyrrole nitrogens is 1. The highest BCUT2D eigenvalue weighted by Crippen LogP contribution is 2.41. The highest BCUT2D eigenvalue weighted by atomic mass is 19.1. The van der Waals surface area contributed by atoms with Crippen molar-refractivity contribution in [3.63, 3.8) is 0 Å². The molecule has 30 heavy (non-hydrogen) atoms. The quantitative estimate of drug-likeness (QED) is 0.542. The van der Waals surface area contributed by atoms with Gasteiger partial charge in [-0.05, 0) is 37.0 Å². The molecule has 8 nitrogen and oxygen atoms in total. The molecule has 1 aliphatic carbocycles. The first-order valence-electron chi connectivity index (χ1n) is 10.1. The molecule has 0 bridgehead atoms. The fraction of sp³-hybridized carbons (Fsp3) is 0.333. The third-order valence-corrected chi connectivity index (χ3v) is 6.00. The van der Waals surface area contributed by atoms with Crippen molar-refractivity contribution in [1.29, 1.82) is 0 Å². The monoisotopic (exact) mass is 405 g/mol. The van der Waals surface area contributed by atoms with Crippen LogP contribution in [0, 0.1) is 11.7 Å². The molecule has 1 fully saturated rings. The maximum atomic E-state index is 14.3. The van der Waals surface area contributed by atoms with Crippen molar-refractivity contribution in [2.24, 2.45) is 5.92 Å². The minimum absolute atomic E-state index is 0.321. The van der Waals surface area contributed by atoms with Crippen molar-refractivity contribution in [1.82, 2.24) is 29.5 Å². The van der Waals surface area contributed by atoms with Crippen LogP contribution in [0.25, 0.3) is 5.52 Å². The molecule has 2 aliphatic rings. The first kappa shape index (κ1) is 17.5. The SMILES string of the molecule is OC(c1cnc(N2CCc3[nH]cnc3[C@H]2c2cc3c(F)cccn3n2)nc1)C1CC1. The Morgan fingerprint density at radius 3 is 2.80 bits per heavy atom. The Labute approximate surface area is 171 Å². The molecule has 0 saturated heterocycles. The average Bonchev–Trinajstić information content (AvgIpc) is 3.34. The Kier molecular flexibility index (Phi) is 3.85. The molecule has 0 radical (unpaired) electrons. The van der Waals surface area contributed by atoms with Gasteiger partial charge in [0, 0.05) is 42.8 Å². The van der Waals surface area contributed by atoms with E-state index in [1.807, 2.05) is 4.90 Å². The molecular weight excluding hydrogens is 385 g/mol. The zero-order valence-corrected chi connectivity index (χ0v) is 16.1. The maximum absolute atomic E-state index is 14.3. The standard InChI is InChI=1S/C21H20FN7O/c22-14-2-1-6-29-17(14)8-16(27-29)19-18-15(25-11-26-18)5-7-28(19)21-23-9-13(10-24-21)20(30)12-3-4-12/h1-2,6,8-12,19-20,30H,3-5,7H2,(H,25,26)/t19-,20?/m1/s1. The lowest BCUT2D eigenvalue weighted by molar-refractivity contribution is 0.153. The van der Waals surface area contributed by atoms with Crippen LogP contribution in [-0.2, 0) is 6.42 Å². The number of imidazole rings is 1. The van der Waals surface area contributed by atoms with Crippen LogP contribution in [0.5, 0.6) is 0 Å². The molecule has 4 aromatic rings. The lowest BCUT2D eigenvalue weighted by Crippen LogP contribution is -2.37. The molecule has 0 aromatic carbocycles. The van der Waals surface area contributed by atoms with E-state index in [-0.39, 0.29) is 11.9 Å². The molecule has 1 aliphatic heterocycles. The summed E-state index contributed by atoms with van der Waals surface area (Å²) < 4.78 is 15.8. The van der Waals surface area contributed by atoms with Crippen LogP contribution in [0.3, 0.4) is 0 Å². The summed E-state index contributed by atoms with van der Waals surface area (Å²) in [7, 11) is 0. The van der Waals surface area contributed by atoms with Crippen LogP contribution in [0.4, 0.5) is 10.3 Å². The van der Waals surface area contributed by atoms with Gasteiger partial charge in [0.05, 0.1) is 23.8 Å². The number of aliphatic hydroxyl groups is 1. The van der Waals surface area contributed by atoms with Crippen molar-refractivity contribution in [3.05, 3.63) is 71.6 Å². The molecule has 2 N–H and O–H groups in total. The third-order valence-electron chi connectivity index (χ3n) is 6.00. The van der Waals surface area contributed by atoms with Crippen molar-refractivity contribution in [2.45, 2.75) is 31.4 Å².